The third-order valence-electron chi connectivity index (χ3n) is 5.08. The fraction of sp³-hybridized carbons (Fsp3) is 0.0370. The van der Waals surface area contributed by atoms with Gasteiger partial charge in [0.1, 0.15) is 23.2 Å². The van der Waals surface area contributed by atoms with Gasteiger partial charge in [0.25, 0.3) is 0 Å². The first-order valence-corrected chi connectivity index (χ1v) is 11.6. The van der Waals surface area contributed by atoms with E-state index < -0.39 is 7.26 Å². The molecule has 0 amide bonds. The largest absolute Gasteiger partial charge is 1.00 e. The van der Waals surface area contributed by atoms with Crippen LogP contribution in [0.3, 0.4) is 0 Å². The second-order valence-electron chi connectivity index (χ2n) is 6.81. The minimum absolute atomic E-state index is 0. The summed E-state index contributed by atoms with van der Waals surface area (Å²) in [7, 11) is -1.78. The van der Waals surface area contributed by atoms with E-state index in [1.807, 2.05) is 0 Å². The minimum Gasteiger partial charge on any atom is -1.00 e. The summed E-state index contributed by atoms with van der Waals surface area (Å²) in [6.07, 6.45) is 5.61. The number of hydrogen-bond acceptors (Lipinski definition) is 0. The van der Waals surface area contributed by atoms with Gasteiger partial charge in [-0.05, 0) is 48.0 Å². The van der Waals surface area contributed by atoms with Crippen LogP contribution in [0.2, 0.25) is 0 Å². The van der Waals surface area contributed by atoms with Crippen molar-refractivity contribution < 1.29 is 17.0 Å². The SMILES string of the molecule is C(=C/c1ccccc1)/C[P+](c1ccccc1)(c1ccccc1)c1ccccc1.[Br-]. The molecule has 0 nitrogen and oxygen atoms in total. The van der Waals surface area contributed by atoms with Gasteiger partial charge in [0, 0.05) is 0 Å². The number of benzene rings is 4. The normalized spacial score (nSPS) is 11.2. The zero-order valence-electron chi connectivity index (χ0n) is 16.2. The second-order valence-corrected chi connectivity index (χ2v) is 10.3. The lowest BCUT2D eigenvalue weighted by Crippen LogP contribution is -3.00. The smallest absolute Gasteiger partial charge is 0.115 e. The zero-order valence-corrected chi connectivity index (χ0v) is 18.7. The highest BCUT2D eigenvalue weighted by Crippen LogP contribution is 2.55. The van der Waals surface area contributed by atoms with Crippen molar-refractivity contribution in [2.24, 2.45) is 0 Å². The molecule has 0 aliphatic carbocycles. The molecular formula is C27H24BrP. The molecule has 0 aliphatic rings. The summed E-state index contributed by atoms with van der Waals surface area (Å²) in [6.45, 7) is 0. The summed E-state index contributed by atoms with van der Waals surface area (Å²) in [5, 5.41) is 4.26. The molecule has 0 atom stereocenters. The van der Waals surface area contributed by atoms with Gasteiger partial charge in [-0.2, -0.15) is 0 Å². The standard InChI is InChI=1S/C27H24P.BrH/c1-5-14-24(15-6-1)16-13-23-28(25-17-7-2-8-18-25,26-19-9-3-10-20-26)27-21-11-4-12-22-27;/h1-22H,23H2;1H/q+1;/p-1/b16-13-;. The van der Waals surface area contributed by atoms with E-state index in [1.54, 1.807) is 0 Å². The van der Waals surface area contributed by atoms with Gasteiger partial charge in [-0.25, -0.2) is 0 Å². The van der Waals surface area contributed by atoms with Crippen LogP contribution in [0.5, 0.6) is 0 Å². The van der Waals surface area contributed by atoms with Crippen molar-refractivity contribution in [3.63, 3.8) is 0 Å². The van der Waals surface area contributed by atoms with Crippen LogP contribution in [0.4, 0.5) is 0 Å². The third-order valence-corrected chi connectivity index (χ3v) is 9.38. The van der Waals surface area contributed by atoms with Gasteiger partial charge in [0.05, 0.1) is 6.16 Å². The summed E-state index contributed by atoms with van der Waals surface area (Å²) in [4.78, 5) is 0. The Labute approximate surface area is 185 Å². The highest BCUT2D eigenvalue weighted by Gasteiger charge is 2.43. The van der Waals surface area contributed by atoms with E-state index in [1.165, 1.54) is 21.5 Å². The van der Waals surface area contributed by atoms with E-state index in [-0.39, 0.29) is 17.0 Å². The lowest BCUT2D eigenvalue weighted by molar-refractivity contribution is -0.00000533. The van der Waals surface area contributed by atoms with Crippen molar-refractivity contribution in [3.8, 4) is 0 Å². The average molecular weight is 459 g/mol. The van der Waals surface area contributed by atoms with Crippen molar-refractivity contribution in [1.82, 2.24) is 0 Å². The Hall–Kier alpha value is -2.47. The summed E-state index contributed by atoms with van der Waals surface area (Å²) < 4.78 is 0. The first-order valence-electron chi connectivity index (χ1n) is 9.66. The lowest BCUT2D eigenvalue weighted by Gasteiger charge is -2.26. The van der Waals surface area contributed by atoms with Crippen LogP contribution in [-0.2, 0) is 0 Å². The molecule has 4 rings (SSSR count). The molecule has 0 spiro atoms. The maximum atomic E-state index is 2.36. The summed E-state index contributed by atoms with van der Waals surface area (Å²) >= 11 is 0. The number of hydrogen-bond donors (Lipinski definition) is 0. The molecule has 0 saturated carbocycles. The molecule has 0 N–H and O–H groups in total. The monoisotopic (exact) mass is 458 g/mol. The summed E-state index contributed by atoms with van der Waals surface area (Å²) in [5.74, 6) is 0. The van der Waals surface area contributed by atoms with Gasteiger partial charge in [-0.15, -0.1) is 0 Å². The number of allylic oxidation sites excluding steroid dienone is 1. The lowest BCUT2D eigenvalue weighted by atomic mass is 10.2. The Bertz CT molecular complexity index is 916. The van der Waals surface area contributed by atoms with Crippen molar-refractivity contribution in [2.45, 2.75) is 0 Å². The molecule has 0 aromatic heterocycles. The van der Waals surface area contributed by atoms with Crippen LogP contribution in [0.25, 0.3) is 6.08 Å². The van der Waals surface area contributed by atoms with Crippen molar-refractivity contribution in [2.75, 3.05) is 6.16 Å². The maximum absolute atomic E-state index is 2.36. The Morgan fingerprint density at radius 1 is 0.483 bits per heavy atom. The van der Waals surface area contributed by atoms with E-state index in [4.69, 9.17) is 0 Å². The van der Waals surface area contributed by atoms with Crippen LogP contribution in [0.1, 0.15) is 5.56 Å². The van der Waals surface area contributed by atoms with Crippen molar-refractivity contribution in [1.29, 1.82) is 0 Å². The number of rotatable bonds is 6. The van der Waals surface area contributed by atoms with Crippen LogP contribution < -0.4 is 32.9 Å². The average Bonchev–Trinajstić information content (AvgIpc) is 2.79. The van der Waals surface area contributed by atoms with Gasteiger partial charge >= 0.3 is 0 Å². The predicted octanol–water partition coefficient (Wildman–Crippen LogP) is 2.70. The predicted molar refractivity (Wildman–Crippen MR) is 125 cm³/mol. The molecule has 0 fully saturated rings. The van der Waals surface area contributed by atoms with E-state index in [0.29, 0.717) is 0 Å². The topological polar surface area (TPSA) is 0 Å². The van der Waals surface area contributed by atoms with Crippen LogP contribution in [0.15, 0.2) is 127 Å². The molecule has 4 aromatic rings. The first kappa shape index (κ1) is 21.2. The Morgan fingerprint density at radius 3 is 1.21 bits per heavy atom. The van der Waals surface area contributed by atoms with Gasteiger partial charge in [-0.3, -0.25) is 0 Å². The highest BCUT2D eigenvalue weighted by molar-refractivity contribution is 7.95. The van der Waals surface area contributed by atoms with Crippen LogP contribution >= 0.6 is 7.26 Å². The van der Waals surface area contributed by atoms with E-state index in [0.717, 1.165) is 6.16 Å². The third kappa shape index (κ3) is 4.75. The summed E-state index contributed by atoms with van der Waals surface area (Å²) in [6, 6.07) is 43.6. The molecule has 0 radical (unpaired) electrons. The molecule has 0 unspecified atom stereocenters. The van der Waals surface area contributed by atoms with Crippen LogP contribution in [0, 0.1) is 0 Å². The minimum atomic E-state index is -1.78. The molecule has 144 valence electrons. The first-order chi connectivity index (χ1) is 13.9. The van der Waals surface area contributed by atoms with Crippen LogP contribution in [-0.4, -0.2) is 6.16 Å². The molecule has 0 bridgehead atoms. The molecule has 2 heteroatoms. The molecule has 29 heavy (non-hydrogen) atoms. The maximum Gasteiger partial charge on any atom is 0.115 e. The fourth-order valence-electron chi connectivity index (χ4n) is 3.72. The van der Waals surface area contributed by atoms with Gasteiger partial charge in [-0.1, -0.05) is 91.0 Å². The molecule has 0 aliphatic heterocycles. The van der Waals surface area contributed by atoms with E-state index >= 15 is 0 Å². The Kier molecular flexibility index (Phi) is 7.58. The second kappa shape index (κ2) is 10.3. The van der Waals surface area contributed by atoms with E-state index in [2.05, 4.69) is 133 Å². The van der Waals surface area contributed by atoms with Crippen molar-refractivity contribution in [3.05, 3.63) is 133 Å². The molecule has 0 heterocycles. The molecular weight excluding hydrogens is 435 g/mol. The van der Waals surface area contributed by atoms with Crippen molar-refractivity contribution >= 4 is 29.3 Å². The van der Waals surface area contributed by atoms with Gasteiger partial charge in [0.15, 0.2) is 0 Å². The summed E-state index contributed by atoms with van der Waals surface area (Å²) in [5.41, 5.74) is 1.25. The fourth-order valence-corrected chi connectivity index (χ4v) is 7.71. The van der Waals surface area contributed by atoms with Gasteiger partial charge in [0.2, 0.25) is 0 Å². The number of halogens is 1. The highest BCUT2D eigenvalue weighted by atomic mass is 79.9. The van der Waals surface area contributed by atoms with Gasteiger partial charge < -0.3 is 17.0 Å². The Morgan fingerprint density at radius 2 is 0.828 bits per heavy atom. The quantitative estimate of drug-likeness (QED) is 0.389. The Balaban J connectivity index is 0.00000240. The molecule has 0 saturated heterocycles. The molecule has 4 aromatic carbocycles. The van der Waals surface area contributed by atoms with E-state index in [9.17, 15) is 0 Å². The zero-order chi connectivity index (χ0) is 19.1.